The summed E-state index contributed by atoms with van der Waals surface area (Å²) in [6.07, 6.45) is 2.28. The van der Waals surface area contributed by atoms with Gasteiger partial charge in [0.1, 0.15) is 0 Å². The minimum absolute atomic E-state index is 0.106. The van der Waals surface area contributed by atoms with Crippen LogP contribution in [-0.2, 0) is 9.84 Å². The lowest BCUT2D eigenvalue weighted by Gasteiger charge is -2.12. The first-order valence-electron chi connectivity index (χ1n) is 9.10. The molecule has 1 atom stereocenters. The first kappa shape index (κ1) is 20.5. The Labute approximate surface area is 171 Å². The van der Waals surface area contributed by atoms with E-state index < -0.39 is 9.84 Å². The third kappa shape index (κ3) is 4.41. The summed E-state index contributed by atoms with van der Waals surface area (Å²) in [5.41, 5.74) is 8.59. The molecule has 150 valence electrons. The maximum atomic E-state index is 11.8. The van der Waals surface area contributed by atoms with Crippen molar-refractivity contribution < 1.29 is 8.42 Å². The van der Waals surface area contributed by atoms with Crippen molar-refractivity contribution in [2.24, 2.45) is 5.10 Å². The van der Waals surface area contributed by atoms with E-state index in [-0.39, 0.29) is 17.5 Å². The number of anilines is 1. The minimum atomic E-state index is -2.96. The fraction of sp³-hybridized carbons (Fsp3) is 0.421. The zero-order valence-electron chi connectivity index (χ0n) is 16.5. The van der Waals surface area contributed by atoms with Crippen molar-refractivity contribution in [2.45, 2.75) is 40.2 Å². The van der Waals surface area contributed by atoms with Crippen LogP contribution in [0.1, 0.15) is 40.5 Å². The van der Waals surface area contributed by atoms with Crippen LogP contribution < -0.4 is 10.7 Å². The van der Waals surface area contributed by atoms with Crippen LogP contribution in [0.3, 0.4) is 0 Å². The molecule has 0 radical (unpaired) electrons. The monoisotopic (exact) mass is 419 g/mol. The molecule has 0 spiro atoms. The van der Waals surface area contributed by atoms with Crippen molar-refractivity contribution in [3.05, 3.63) is 46.3 Å². The van der Waals surface area contributed by atoms with Gasteiger partial charge >= 0.3 is 0 Å². The van der Waals surface area contributed by atoms with Crippen molar-refractivity contribution in [1.29, 1.82) is 0 Å². The summed E-state index contributed by atoms with van der Waals surface area (Å²) in [6.45, 7) is 7.86. The fourth-order valence-corrected chi connectivity index (χ4v) is 5.34. The highest BCUT2D eigenvalue weighted by atomic mass is 32.2. The molecule has 0 unspecified atom stereocenters. The lowest BCUT2D eigenvalue weighted by molar-refractivity contribution is 0.486. The Kier molecular flexibility index (Phi) is 5.85. The summed E-state index contributed by atoms with van der Waals surface area (Å²) in [5.74, 6) is 0.368. The highest BCUT2D eigenvalue weighted by molar-refractivity contribution is 7.91. The Bertz CT molecular complexity index is 1020. The number of benzene rings is 1. The van der Waals surface area contributed by atoms with Crippen molar-refractivity contribution >= 4 is 39.1 Å². The van der Waals surface area contributed by atoms with Gasteiger partial charge in [-0.25, -0.2) is 8.42 Å². The normalized spacial score (nSPS) is 18.5. The van der Waals surface area contributed by atoms with E-state index in [4.69, 9.17) is 12.2 Å². The molecule has 1 aromatic heterocycles. The maximum Gasteiger partial charge on any atom is 0.191 e. The number of nitrogens with one attached hydrogen (secondary N) is 2. The van der Waals surface area contributed by atoms with E-state index in [2.05, 4.69) is 20.9 Å². The van der Waals surface area contributed by atoms with E-state index in [1.807, 2.05) is 50.6 Å². The van der Waals surface area contributed by atoms with Crippen LogP contribution in [0.25, 0.3) is 0 Å². The molecule has 0 bridgehead atoms. The molecule has 7 nitrogen and oxygen atoms in total. The van der Waals surface area contributed by atoms with E-state index in [0.717, 1.165) is 33.8 Å². The first-order valence-corrected chi connectivity index (χ1v) is 11.3. The van der Waals surface area contributed by atoms with Gasteiger partial charge in [0.25, 0.3) is 0 Å². The van der Waals surface area contributed by atoms with Crippen LogP contribution in [0.4, 0.5) is 5.69 Å². The molecule has 1 aromatic carbocycles. The highest BCUT2D eigenvalue weighted by Crippen LogP contribution is 2.26. The first-order chi connectivity index (χ1) is 13.2. The van der Waals surface area contributed by atoms with E-state index in [0.29, 0.717) is 11.5 Å². The van der Waals surface area contributed by atoms with Crippen molar-refractivity contribution in [2.75, 3.05) is 16.8 Å². The van der Waals surface area contributed by atoms with Crippen LogP contribution >= 0.6 is 12.2 Å². The molecule has 0 aliphatic carbocycles. The molecule has 1 aliphatic heterocycles. The topological polar surface area (TPSA) is 88.4 Å². The number of thiocarbonyl (C=S) groups is 1. The number of aromatic nitrogens is 2. The van der Waals surface area contributed by atoms with Crippen molar-refractivity contribution in [3.63, 3.8) is 0 Å². The largest absolute Gasteiger partial charge is 0.331 e. The van der Waals surface area contributed by atoms with Gasteiger partial charge in [0, 0.05) is 16.9 Å². The Morgan fingerprint density at radius 2 is 1.96 bits per heavy atom. The minimum Gasteiger partial charge on any atom is -0.331 e. The van der Waals surface area contributed by atoms with E-state index in [1.54, 1.807) is 6.21 Å². The third-order valence-electron chi connectivity index (χ3n) is 5.01. The van der Waals surface area contributed by atoms with E-state index in [9.17, 15) is 8.42 Å². The SMILES string of the molecule is Cc1cccc(C)c1NC(=S)N/N=C\c1c(C)nn([C@H]2CCS(=O)(=O)C2)c1C. The summed E-state index contributed by atoms with van der Waals surface area (Å²) in [4.78, 5) is 0. The van der Waals surface area contributed by atoms with Crippen LogP contribution in [-0.4, -0.2) is 41.0 Å². The highest BCUT2D eigenvalue weighted by Gasteiger charge is 2.31. The van der Waals surface area contributed by atoms with Crippen molar-refractivity contribution in [1.82, 2.24) is 15.2 Å². The van der Waals surface area contributed by atoms with Gasteiger partial charge in [0.05, 0.1) is 29.5 Å². The van der Waals surface area contributed by atoms with Gasteiger partial charge in [0.2, 0.25) is 0 Å². The summed E-state index contributed by atoms with van der Waals surface area (Å²) in [7, 11) is -2.96. The van der Waals surface area contributed by atoms with Gasteiger partial charge in [0.15, 0.2) is 14.9 Å². The third-order valence-corrected chi connectivity index (χ3v) is 6.96. The summed E-state index contributed by atoms with van der Waals surface area (Å²) in [6, 6.07) is 5.94. The molecule has 0 amide bonds. The molecule has 1 fully saturated rings. The molecule has 1 saturated heterocycles. The summed E-state index contributed by atoms with van der Waals surface area (Å²) in [5, 5.41) is 12.3. The number of hydrazone groups is 1. The second kappa shape index (κ2) is 8.00. The molecule has 0 saturated carbocycles. The average Bonchev–Trinajstić information content (AvgIpc) is 3.11. The van der Waals surface area contributed by atoms with E-state index >= 15 is 0 Å². The van der Waals surface area contributed by atoms with Crippen LogP contribution in [0.5, 0.6) is 0 Å². The predicted octanol–water partition coefficient (Wildman–Crippen LogP) is 2.80. The number of para-hydroxylation sites is 1. The molecule has 2 N–H and O–H groups in total. The van der Waals surface area contributed by atoms with Gasteiger partial charge in [-0.2, -0.15) is 10.2 Å². The number of hydrogen-bond donors (Lipinski definition) is 2. The van der Waals surface area contributed by atoms with Gasteiger partial charge in [-0.3, -0.25) is 10.1 Å². The molecule has 1 aliphatic rings. The lowest BCUT2D eigenvalue weighted by Crippen LogP contribution is -2.24. The fourth-order valence-electron chi connectivity index (χ4n) is 3.49. The van der Waals surface area contributed by atoms with Gasteiger partial charge in [-0.05, 0) is 57.5 Å². The maximum absolute atomic E-state index is 11.8. The quantitative estimate of drug-likeness (QED) is 0.450. The number of aryl methyl sites for hydroxylation is 3. The van der Waals surface area contributed by atoms with Crippen LogP contribution in [0.2, 0.25) is 0 Å². The van der Waals surface area contributed by atoms with Crippen molar-refractivity contribution in [3.8, 4) is 0 Å². The lowest BCUT2D eigenvalue weighted by atomic mass is 10.1. The predicted molar refractivity (Wildman–Crippen MR) is 117 cm³/mol. The number of rotatable bonds is 4. The number of hydrogen-bond acceptors (Lipinski definition) is 5. The molecule has 2 aromatic rings. The summed E-state index contributed by atoms with van der Waals surface area (Å²) >= 11 is 5.33. The van der Waals surface area contributed by atoms with Gasteiger partial charge < -0.3 is 5.32 Å². The Hall–Kier alpha value is -2.26. The zero-order valence-corrected chi connectivity index (χ0v) is 18.1. The Morgan fingerprint density at radius 3 is 2.57 bits per heavy atom. The molecule has 9 heteroatoms. The second-order valence-corrected chi connectivity index (χ2v) is 9.81. The Morgan fingerprint density at radius 1 is 1.29 bits per heavy atom. The molecule has 2 heterocycles. The van der Waals surface area contributed by atoms with E-state index in [1.165, 1.54) is 0 Å². The Balaban J connectivity index is 1.69. The average molecular weight is 420 g/mol. The smallest absolute Gasteiger partial charge is 0.191 e. The van der Waals surface area contributed by atoms with Crippen LogP contribution in [0.15, 0.2) is 23.3 Å². The van der Waals surface area contributed by atoms with Crippen LogP contribution in [0, 0.1) is 27.7 Å². The molecule has 3 rings (SSSR count). The summed E-state index contributed by atoms with van der Waals surface area (Å²) < 4.78 is 25.3. The molecular weight excluding hydrogens is 394 g/mol. The van der Waals surface area contributed by atoms with Gasteiger partial charge in [-0.1, -0.05) is 18.2 Å². The second-order valence-electron chi connectivity index (χ2n) is 7.18. The van der Waals surface area contributed by atoms with Gasteiger partial charge in [-0.15, -0.1) is 0 Å². The molecular formula is C19H25N5O2S2. The number of sulfone groups is 1. The number of nitrogens with zero attached hydrogens (tertiary/aromatic N) is 3. The zero-order chi connectivity index (χ0) is 20.5. The standard InChI is InChI=1S/C19H25N5O2S2/c1-12-6-5-7-13(2)18(12)21-19(27)22-20-10-17-14(3)23-24(15(17)4)16-8-9-28(25,26)11-16/h5-7,10,16H,8-9,11H2,1-4H3,(H2,21,22,27)/b20-10-/t16-/m0/s1. The molecule has 28 heavy (non-hydrogen) atoms.